The number of hydrogen-bond acceptors (Lipinski definition) is 7. The lowest BCUT2D eigenvalue weighted by Gasteiger charge is -2.02. The molecule has 0 aromatic carbocycles. The van der Waals surface area contributed by atoms with Gasteiger partial charge in [-0.25, -0.2) is 13.1 Å². The summed E-state index contributed by atoms with van der Waals surface area (Å²) in [5, 5.41) is 12.9. The predicted molar refractivity (Wildman–Crippen MR) is 68.1 cm³/mol. The lowest BCUT2D eigenvalue weighted by atomic mass is 10.5. The van der Waals surface area contributed by atoms with E-state index in [-0.39, 0.29) is 17.3 Å². The van der Waals surface area contributed by atoms with E-state index >= 15 is 0 Å². The summed E-state index contributed by atoms with van der Waals surface area (Å²) < 4.78 is 26.9. The molecule has 0 aliphatic rings. The number of nitrogens with one attached hydrogen (secondary N) is 2. The third-order valence-electron chi connectivity index (χ3n) is 2.01. The van der Waals surface area contributed by atoms with Crippen molar-refractivity contribution in [2.75, 3.05) is 0 Å². The molecule has 0 atom stereocenters. The Hall–Kier alpha value is -0.880. The van der Waals surface area contributed by atoms with E-state index in [0.717, 1.165) is 4.88 Å². The molecular formula is C7H9BrN6O2S2. The summed E-state index contributed by atoms with van der Waals surface area (Å²) in [4.78, 5) is 0.943. The Morgan fingerprint density at radius 2 is 2.33 bits per heavy atom. The van der Waals surface area contributed by atoms with Crippen LogP contribution >= 0.6 is 27.3 Å². The van der Waals surface area contributed by atoms with Crippen molar-refractivity contribution in [1.29, 1.82) is 0 Å². The molecule has 0 saturated heterocycles. The van der Waals surface area contributed by atoms with Gasteiger partial charge in [0.25, 0.3) is 0 Å². The first-order valence-electron chi connectivity index (χ1n) is 4.73. The Morgan fingerprint density at radius 1 is 1.56 bits per heavy atom. The second kappa shape index (κ2) is 5.40. The van der Waals surface area contributed by atoms with Crippen LogP contribution in [-0.2, 0) is 23.1 Å². The zero-order chi connectivity index (χ0) is 13.2. The molecule has 0 aliphatic carbocycles. The lowest BCUT2D eigenvalue weighted by Crippen LogP contribution is -2.23. The van der Waals surface area contributed by atoms with Crippen molar-refractivity contribution in [3.8, 4) is 0 Å². The molecule has 0 unspecified atom stereocenters. The topological polar surface area (TPSA) is 127 Å². The maximum absolute atomic E-state index is 12.0. The number of hydrogen-bond donors (Lipinski definition) is 3. The SMILES string of the molecule is NCc1cc(S(=O)(=O)NCc2nn[nH]n2)c(Br)s1. The number of nitrogens with two attached hydrogens (primary N) is 1. The zero-order valence-corrected chi connectivity index (χ0v) is 12.1. The molecule has 11 heteroatoms. The van der Waals surface area contributed by atoms with Gasteiger partial charge in [0.2, 0.25) is 10.0 Å². The van der Waals surface area contributed by atoms with Gasteiger partial charge in [-0.15, -0.1) is 21.5 Å². The number of sulfonamides is 1. The van der Waals surface area contributed by atoms with Crippen molar-refractivity contribution >= 4 is 37.3 Å². The molecule has 0 fully saturated rings. The van der Waals surface area contributed by atoms with Crippen LogP contribution in [0, 0.1) is 0 Å². The van der Waals surface area contributed by atoms with Crippen molar-refractivity contribution in [3.05, 3.63) is 20.6 Å². The van der Waals surface area contributed by atoms with Crippen LogP contribution in [0.3, 0.4) is 0 Å². The van der Waals surface area contributed by atoms with Gasteiger partial charge in [-0.3, -0.25) is 0 Å². The Morgan fingerprint density at radius 3 is 2.89 bits per heavy atom. The molecule has 0 saturated carbocycles. The molecule has 98 valence electrons. The van der Waals surface area contributed by atoms with Crippen LogP contribution in [-0.4, -0.2) is 29.0 Å². The number of halogens is 1. The highest BCUT2D eigenvalue weighted by molar-refractivity contribution is 9.11. The molecule has 0 aliphatic heterocycles. The van der Waals surface area contributed by atoms with Crippen LogP contribution in [0.5, 0.6) is 0 Å². The van der Waals surface area contributed by atoms with Gasteiger partial charge in [0.1, 0.15) is 4.90 Å². The predicted octanol–water partition coefficient (Wildman–Crippen LogP) is -0.0391. The van der Waals surface area contributed by atoms with Gasteiger partial charge in [-0.05, 0) is 22.0 Å². The van der Waals surface area contributed by atoms with Gasteiger partial charge >= 0.3 is 0 Å². The van der Waals surface area contributed by atoms with Gasteiger partial charge < -0.3 is 5.73 Å². The molecule has 8 nitrogen and oxygen atoms in total. The standard InChI is InChI=1S/C7H9BrN6O2S2/c8-7-5(1-4(2-9)17-7)18(15,16)10-3-6-11-13-14-12-6/h1,10H,2-3,9H2,(H,11,12,13,14). The van der Waals surface area contributed by atoms with Crippen molar-refractivity contribution in [3.63, 3.8) is 0 Å². The van der Waals surface area contributed by atoms with Gasteiger partial charge in [-0.2, -0.15) is 5.21 Å². The number of nitrogens with zero attached hydrogens (tertiary/aromatic N) is 3. The Bertz CT molecular complexity index is 622. The Labute approximate surface area is 115 Å². The van der Waals surface area contributed by atoms with Crippen LogP contribution in [0.1, 0.15) is 10.7 Å². The molecule has 0 bridgehead atoms. The lowest BCUT2D eigenvalue weighted by molar-refractivity contribution is 0.579. The van der Waals surface area contributed by atoms with Crippen molar-refractivity contribution in [1.82, 2.24) is 25.3 Å². The van der Waals surface area contributed by atoms with Crippen LogP contribution in [0.4, 0.5) is 0 Å². The van der Waals surface area contributed by atoms with E-state index in [1.54, 1.807) is 0 Å². The maximum atomic E-state index is 12.0. The van der Waals surface area contributed by atoms with Crippen LogP contribution < -0.4 is 10.5 Å². The van der Waals surface area contributed by atoms with E-state index in [2.05, 4.69) is 41.3 Å². The normalized spacial score (nSPS) is 11.9. The Balaban J connectivity index is 2.17. The summed E-state index contributed by atoms with van der Waals surface area (Å²) in [6.07, 6.45) is 0. The minimum absolute atomic E-state index is 0.0287. The van der Waals surface area contributed by atoms with Crippen molar-refractivity contribution in [2.45, 2.75) is 18.0 Å². The van der Waals surface area contributed by atoms with E-state index in [4.69, 9.17) is 5.73 Å². The number of rotatable bonds is 5. The summed E-state index contributed by atoms with van der Waals surface area (Å²) in [5.74, 6) is 0.268. The van der Waals surface area contributed by atoms with Crippen molar-refractivity contribution in [2.24, 2.45) is 5.73 Å². The quantitative estimate of drug-likeness (QED) is 0.692. The average molecular weight is 353 g/mol. The fourth-order valence-corrected chi connectivity index (χ4v) is 4.72. The molecule has 0 radical (unpaired) electrons. The molecule has 2 aromatic rings. The first-order chi connectivity index (χ1) is 8.53. The zero-order valence-electron chi connectivity index (χ0n) is 8.92. The summed E-state index contributed by atoms with van der Waals surface area (Å²) in [6, 6.07) is 1.54. The van der Waals surface area contributed by atoms with Gasteiger partial charge in [0.05, 0.1) is 10.3 Å². The minimum Gasteiger partial charge on any atom is -0.326 e. The molecular weight excluding hydrogens is 344 g/mol. The Kier molecular flexibility index (Phi) is 4.07. The highest BCUT2D eigenvalue weighted by Gasteiger charge is 2.20. The molecule has 0 amide bonds. The van der Waals surface area contributed by atoms with E-state index in [1.807, 2.05) is 0 Å². The molecule has 2 rings (SSSR count). The van der Waals surface area contributed by atoms with Crippen molar-refractivity contribution < 1.29 is 8.42 Å². The van der Waals surface area contributed by atoms with Gasteiger partial charge in [-0.1, -0.05) is 5.21 Å². The smallest absolute Gasteiger partial charge is 0.242 e. The molecule has 4 N–H and O–H groups in total. The van der Waals surface area contributed by atoms with Crippen LogP contribution in [0.25, 0.3) is 0 Å². The molecule has 0 spiro atoms. The largest absolute Gasteiger partial charge is 0.326 e. The second-order valence-corrected chi connectivity index (χ2v) is 7.40. The number of tetrazole rings is 1. The summed E-state index contributed by atoms with van der Waals surface area (Å²) in [7, 11) is -3.62. The van der Waals surface area contributed by atoms with E-state index < -0.39 is 10.0 Å². The molecule has 18 heavy (non-hydrogen) atoms. The van der Waals surface area contributed by atoms with E-state index in [1.165, 1.54) is 17.4 Å². The third-order valence-corrected chi connectivity index (χ3v) is 5.68. The number of H-pyrrole nitrogens is 1. The number of thiophene rings is 1. The number of aromatic nitrogens is 4. The summed E-state index contributed by atoms with van der Waals surface area (Å²) in [5.41, 5.74) is 5.47. The van der Waals surface area contributed by atoms with Crippen LogP contribution in [0.2, 0.25) is 0 Å². The fraction of sp³-hybridized carbons (Fsp3) is 0.286. The van der Waals surface area contributed by atoms with Gasteiger partial charge in [0, 0.05) is 11.4 Å². The highest BCUT2D eigenvalue weighted by Crippen LogP contribution is 2.31. The third kappa shape index (κ3) is 2.92. The van der Waals surface area contributed by atoms with E-state index in [9.17, 15) is 8.42 Å². The molecule has 2 heterocycles. The molecule has 2 aromatic heterocycles. The first kappa shape index (κ1) is 13.5. The first-order valence-corrected chi connectivity index (χ1v) is 7.82. The monoisotopic (exact) mass is 352 g/mol. The summed E-state index contributed by atoms with van der Waals surface area (Å²) >= 11 is 4.49. The summed E-state index contributed by atoms with van der Waals surface area (Å²) in [6.45, 7) is 0.267. The van der Waals surface area contributed by atoms with Crippen LogP contribution in [0.15, 0.2) is 14.7 Å². The number of aromatic amines is 1. The second-order valence-electron chi connectivity index (χ2n) is 3.21. The minimum atomic E-state index is -3.62. The average Bonchev–Trinajstić information content (AvgIpc) is 2.95. The highest BCUT2D eigenvalue weighted by atomic mass is 79.9. The fourth-order valence-electron chi connectivity index (χ4n) is 1.18. The maximum Gasteiger partial charge on any atom is 0.242 e. The van der Waals surface area contributed by atoms with Gasteiger partial charge in [0.15, 0.2) is 5.82 Å². The van der Waals surface area contributed by atoms with E-state index in [0.29, 0.717) is 10.3 Å².